The van der Waals surface area contributed by atoms with Crippen LogP contribution in [0.25, 0.3) is 0 Å². The number of carbonyl (C=O) groups excluding carboxylic acids is 1. The number of nitrogens with one attached hydrogen (secondary N) is 1. The number of amides is 1. The zero-order valence-electron chi connectivity index (χ0n) is 15.5. The smallest absolute Gasteiger partial charge is 0.409 e. The largest absolute Gasteiger partial charge is 0.453 e. The summed E-state index contributed by atoms with van der Waals surface area (Å²) in [5, 5.41) is 3.47. The molecule has 3 heterocycles. The van der Waals surface area contributed by atoms with Crippen molar-refractivity contribution in [3.8, 4) is 0 Å². The molecule has 1 N–H and O–H groups in total. The van der Waals surface area contributed by atoms with Crippen LogP contribution in [-0.4, -0.2) is 61.8 Å². The third-order valence-electron chi connectivity index (χ3n) is 6.57. The Labute approximate surface area is 154 Å². The lowest BCUT2D eigenvalue weighted by Gasteiger charge is -2.42. The number of anilines is 1. The topological polar surface area (TPSA) is 44.8 Å². The van der Waals surface area contributed by atoms with Crippen molar-refractivity contribution in [2.45, 2.75) is 43.6 Å². The van der Waals surface area contributed by atoms with Crippen molar-refractivity contribution in [2.24, 2.45) is 0 Å². The maximum Gasteiger partial charge on any atom is 0.409 e. The molecule has 1 atom stereocenters. The van der Waals surface area contributed by atoms with Crippen molar-refractivity contribution >= 4 is 11.8 Å². The number of hydrogen-bond donors (Lipinski definition) is 1. The Kier molecular flexibility index (Phi) is 4.78. The fourth-order valence-electron chi connectivity index (χ4n) is 4.99. The average molecular weight is 361 g/mol. The van der Waals surface area contributed by atoms with Gasteiger partial charge in [0.25, 0.3) is 0 Å². The van der Waals surface area contributed by atoms with Crippen LogP contribution in [0.5, 0.6) is 0 Å². The van der Waals surface area contributed by atoms with Gasteiger partial charge in [-0.3, -0.25) is 0 Å². The fraction of sp³-hybridized carbons (Fsp3) is 0.650. The van der Waals surface area contributed by atoms with Gasteiger partial charge in [-0.05, 0) is 69.0 Å². The van der Waals surface area contributed by atoms with Crippen LogP contribution < -0.4 is 5.32 Å². The molecule has 0 saturated carbocycles. The highest BCUT2D eigenvalue weighted by Crippen LogP contribution is 2.44. The van der Waals surface area contributed by atoms with Crippen LogP contribution in [0, 0.1) is 5.82 Å². The van der Waals surface area contributed by atoms with E-state index in [1.54, 1.807) is 12.1 Å². The Morgan fingerprint density at radius 3 is 2.81 bits per heavy atom. The first kappa shape index (κ1) is 17.6. The van der Waals surface area contributed by atoms with Crippen molar-refractivity contribution in [1.82, 2.24) is 9.80 Å². The number of piperidine rings is 1. The summed E-state index contributed by atoms with van der Waals surface area (Å²) in [6.45, 7) is 4.56. The lowest BCUT2D eigenvalue weighted by Crippen LogP contribution is -2.48. The van der Waals surface area contributed by atoms with Crippen molar-refractivity contribution in [1.29, 1.82) is 0 Å². The first-order valence-electron chi connectivity index (χ1n) is 9.72. The maximum absolute atomic E-state index is 13.8. The normalized spacial score (nSPS) is 25.5. The summed E-state index contributed by atoms with van der Waals surface area (Å²) in [5.74, 6) is -0.138. The van der Waals surface area contributed by atoms with Crippen molar-refractivity contribution < 1.29 is 13.9 Å². The molecule has 1 amide bonds. The second-order valence-electron chi connectivity index (χ2n) is 7.90. The van der Waals surface area contributed by atoms with E-state index in [-0.39, 0.29) is 17.3 Å². The monoisotopic (exact) mass is 361 g/mol. The number of hydrogen-bond acceptors (Lipinski definition) is 4. The molecule has 4 rings (SSSR count). The van der Waals surface area contributed by atoms with E-state index in [4.69, 9.17) is 4.74 Å². The van der Waals surface area contributed by atoms with Crippen LogP contribution in [0.4, 0.5) is 14.9 Å². The molecular weight excluding hydrogens is 333 g/mol. The van der Waals surface area contributed by atoms with Gasteiger partial charge in [-0.25, -0.2) is 9.18 Å². The van der Waals surface area contributed by atoms with Crippen LogP contribution in [0.3, 0.4) is 0 Å². The number of fused-ring (bicyclic) bond motifs is 2. The van der Waals surface area contributed by atoms with E-state index in [0.717, 1.165) is 76.1 Å². The van der Waals surface area contributed by atoms with Gasteiger partial charge in [-0.1, -0.05) is 0 Å². The Balaban J connectivity index is 1.39. The minimum absolute atomic E-state index is 0.0801. The first-order valence-corrected chi connectivity index (χ1v) is 9.72. The molecule has 26 heavy (non-hydrogen) atoms. The molecule has 1 aromatic rings. The minimum atomic E-state index is -0.209. The summed E-state index contributed by atoms with van der Waals surface area (Å²) in [6, 6.07) is 5.67. The first-order chi connectivity index (χ1) is 12.6. The van der Waals surface area contributed by atoms with E-state index >= 15 is 0 Å². The Morgan fingerprint density at radius 1 is 1.23 bits per heavy atom. The van der Waals surface area contributed by atoms with Crippen LogP contribution in [-0.2, 0) is 10.2 Å². The molecule has 5 nitrogen and oxygen atoms in total. The lowest BCUT2D eigenvalue weighted by molar-refractivity contribution is 0.107. The van der Waals surface area contributed by atoms with E-state index in [1.165, 1.54) is 7.11 Å². The summed E-state index contributed by atoms with van der Waals surface area (Å²) < 4.78 is 18.6. The Bertz CT molecular complexity index is 673. The van der Waals surface area contributed by atoms with Gasteiger partial charge in [0.05, 0.1) is 7.11 Å². The van der Waals surface area contributed by atoms with E-state index < -0.39 is 0 Å². The second kappa shape index (κ2) is 7.06. The average Bonchev–Trinajstić information content (AvgIpc) is 2.85. The van der Waals surface area contributed by atoms with E-state index in [9.17, 15) is 9.18 Å². The third kappa shape index (κ3) is 3.15. The SMILES string of the molecule is COC(=O)N1CCCC(N2CCC3(CC2)CNc2ccc(F)cc23)CC1. The molecule has 2 fully saturated rings. The number of likely N-dealkylation sites (tertiary alicyclic amines) is 2. The van der Waals surface area contributed by atoms with Crippen molar-refractivity contribution in [3.63, 3.8) is 0 Å². The second-order valence-corrected chi connectivity index (χ2v) is 7.90. The predicted molar refractivity (Wildman–Crippen MR) is 99.0 cm³/mol. The molecule has 0 bridgehead atoms. The highest BCUT2D eigenvalue weighted by atomic mass is 19.1. The minimum Gasteiger partial charge on any atom is -0.453 e. The molecule has 1 aromatic carbocycles. The highest BCUT2D eigenvalue weighted by molar-refractivity contribution is 5.67. The van der Waals surface area contributed by atoms with Gasteiger partial charge in [0.1, 0.15) is 5.82 Å². The molecule has 0 aliphatic carbocycles. The number of nitrogens with zero attached hydrogens (tertiary/aromatic N) is 2. The zero-order chi connectivity index (χ0) is 18.1. The highest BCUT2D eigenvalue weighted by Gasteiger charge is 2.42. The van der Waals surface area contributed by atoms with Crippen molar-refractivity contribution in [3.05, 3.63) is 29.6 Å². The summed E-state index contributed by atoms with van der Waals surface area (Å²) in [7, 11) is 1.45. The third-order valence-corrected chi connectivity index (χ3v) is 6.57. The number of benzene rings is 1. The number of rotatable bonds is 1. The Morgan fingerprint density at radius 2 is 2.04 bits per heavy atom. The van der Waals surface area contributed by atoms with Crippen LogP contribution in [0.15, 0.2) is 18.2 Å². The van der Waals surface area contributed by atoms with Gasteiger partial charge in [0.15, 0.2) is 0 Å². The van der Waals surface area contributed by atoms with Crippen LogP contribution in [0.1, 0.15) is 37.7 Å². The van der Waals surface area contributed by atoms with Gasteiger partial charge in [0.2, 0.25) is 0 Å². The fourth-order valence-corrected chi connectivity index (χ4v) is 4.99. The summed E-state index contributed by atoms with van der Waals surface area (Å²) in [6.07, 6.45) is 5.08. The zero-order valence-corrected chi connectivity index (χ0v) is 15.5. The lowest BCUT2D eigenvalue weighted by atomic mass is 9.74. The molecule has 0 aromatic heterocycles. The molecule has 1 unspecified atom stereocenters. The summed E-state index contributed by atoms with van der Waals surface area (Å²) >= 11 is 0. The predicted octanol–water partition coefficient (Wildman–Crippen LogP) is 3.21. The summed E-state index contributed by atoms with van der Waals surface area (Å²) in [4.78, 5) is 16.2. The van der Waals surface area contributed by atoms with E-state index in [0.29, 0.717) is 6.04 Å². The van der Waals surface area contributed by atoms with Gasteiger partial charge < -0.3 is 19.9 Å². The molecule has 3 aliphatic rings. The van der Waals surface area contributed by atoms with Crippen LogP contribution in [0.2, 0.25) is 0 Å². The molecular formula is C20H28FN3O2. The number of carbonyl (C=O) groups is 1. The quantitative estimate of drug-likeness (QED) is 0.834. The molecule has 6 heteroatoms. The maximum atomic E-state index is 13.8. The van der Waals surface area contributed by atoms with E-state index in [1.807, 2.05) is 11.0 Å². The van der Waals surface area contributed by atoms with Gasteiger partial charge in [0, 0.05) is 36.8 Å². The van der Waals surface area contributed by atoms with Crippen molar-refractivity contribution in [2.75, 3.05) is 45.2 Å². The standard InChI is InChI=1S/C20H28FN3O2/c1-26-19(25)24-9-2-3-16(6-10-24)23-11-7-20(8-12-23)14-22-18-5-4-15(21)13-17(18)20/h4-5,13,16,22H,2-3,6-12,14H2,1H3. The molecule has 3 aliphatic heterocycles. The summed E-state index contributed by atoms with van der Waals surface area (Å²) in [5.41, 5.74) is 2.34. The number of ether oxygens (including phenoxy) is 1. The van der Waals surface area contributed by atoms with E-state index in [2.05, 4.69) is 10.2 Å². The Hall–Kier alpha value is -1.82. The van der Waals surface area contributed by atoms with Gasteiger partial charge in [-0.2, -0.15) is 0 Å². The van der Waals surface area contributed by atoms with Gasteiger partial charge >= 0.3 is 6.09 Å². The van der Waals surface area contributed by atoms with Crippen LogP contribution >= 0.6 is 0 Å². The number of methoxy groups -OCH3 is 1. The molecule has 142 valence electrons. The number of halogens is 1. The van der Waals surface area contributed by atoms with Gasteiger partial charge in [-0.15, -0.1) is 0 Å². The molecule has 2 saturated heterocycles. The molecule has 1 spiro atoms. The molecule has 0 radical (unpaired) electrons.